The van der Waals surface area contributed by atoms with E-state index in [0.717, 1.165) is 10.1 Å². The Balaban J connectivity index is 1.77. The second-order valence-corrected chi connectivity index (χ2v) is 7.96. The number of thiophene rings is 1. The summed E-state index contributed by atoms with van der Waals surface area (Å²) in [4.78, 5) is 12.8. The SMILES string of the molecule is O=C(NC(=S)Nc1cc(Cl)c(Cl)cc1Cl)c1sc2ccccc2c1Cl. The molecule has 0 spiro atoms. The molecular formula is C16H8Cl4N2OS2. The Hall–Kier alpha value is -1.08. The summed E-state index contributed by atoms with van der Waals surface area (Å²) in [6.45, 7) is 0. The highest BCUT2D eigenvalue weighted by Crippen LogP contribution is 2.35. The molecule has 0 atom stereocenters. The van der Waals surface area contributed by atoms with Crippen molar-refractivity contribution in [2.45, 2.75) is 0 Å². The van der Waals surface area contributed by atoms with Gasteiger partial charge in [-0.15, -0.1) is 11.3 Å². The molecule has 0 saturated heterocycles. The molecule has 3 nitrogen and oxygen atoms in total. The highest BCUT2D eigenvalue weighted by atomic mass is 35.5. The van der Waals surface area contributed by atoms with Crippen LogP contribution >= 0.6 is 70.0 Å². The molecule has 1 heterocycles. The van der Waals surface area contributed by atoms with Gasteiger partial charge in [0, 0.05) is 10.1 Å². The number of hydrogen-bond acceptors (Lipinski definition) is 3. The van der Waals surface area contributed by atoms with E-state index in [1.54, 1.807) is 0 Å². The van der Waals surface area contributed by atoms with Crippen LogP contribution in [-0.4, -0.2) is 11.0 Å². The smallest absolute Gasteiger partial charge is 0.269 e. The van der Waals surface area contributed by atoms with Gasteiger partial charge in [0.15, 0.2) is 5.11 Å². The van der Waals surface area contributed by atoms with Crippen LogP contribution in [0.1, 0.15) is 9.67 Å². The molecular weight excluding hydrogens is 442 g/mol. The van der Waals surface area contributed by atoms with Crippen molar-refractivity contribution >= 4 is 96.8 Å². The van der Waals surface area contributed by atoms with E-state index in [-0.39, 0.29) is 5.11 Å². The Morgan fingerprint density at radius 3 is 2.40 bits per heavy atom. The van der Waals surface area contributed by atoms with Gasteiger partial charge in [-0.05, 0) is 30.4 Å². The molecule has 0 bridgehead atoms. The molecule has 3 rings (SSSR count). The molecule has 25 heavy (non-hydrogen) atoms. The number of carbonyl (C=O) groups is 1. The van der Waals surface area contributed by atoms with Crippen LogP contribution in [0.4, 0.5) is 5.69 Å². The van der Waals surface area contributed by atoms with Gasteiger partial charge in [0.2, 0.25) is 0 Å². The lowest BCUT2D eigenvalue weighted by molar-refractivity contribution is 0.0982. The zero-order chi connectivity index (χ0) is 18.1. The van der Waals surface area contributed by atoms with E-state index in [4.69, 9.17) is 58.6 Å². The first-order chi connectivity index (χ1) is 11.9. The monoisotopic (exact) mass is 448 g/mol. The number of benzene rings is 2. The maximum absolute atomic E-state index is 12.4. The third kappa shape index (κ3) is 4.03. The molecule has 0 radical (unpaired) electrons. The van der Waals surface area contributed by atoms with Crippen LogP contribution in [-0.2, 0) is 0 Å². The average molecular weight is 450 g/mol. The Bertz CT molecular complexity index is 1000. The zero-order valence-electron chi connectivity index (χ0n) is 12.2. The summed E-state index contributed by atoms with van der Waals surface area (Å²) >= 11 is 30.7. The quantitative estimate of drug-likeness (QED) is 0.340. The molecule has 0 aliphatic carbocycles. The minimum Gasteiger partial charge on any atom is -0.331 e. The maximum atomic E-state index is 12.4. The van der Waals surface area contributed by atoms with Crippen molar-refractivity contribution in [3.63, 3.8) is 0 Å². The summed E-state index contributed by atoms with van der Waals surface area (Å²) in [5, 5.41) is 7.65. The number of halogens is 4. The van der Waals surface area contributed by atoms with Crippen LogP contribution in [0.2, 0.25) is 20.1 Å². The lowest BCUT2D eigenvalue weighted by atomic mass is 10.2. The first-order valence-electron chi connectivity index (χ1n) is 6.80. The first-order valence-corrected chi connectivity index (χ1v) is 9.54. The fraction of sp³-hybridized carbons (Fsp3) is 0. The number of thiocarbonyl (C=S) groups is 1. The normalized spacial score (nSPS) is 10.7. The number of rotatable bonds is 2. The minimum atomic E-state index is -0.403. The fourth-order valence-electron chi connectivity index (χ4n) is 2.09. The molecule has 0 aliphatic heterocycles. The number of fused-ring (bicyclic) bond motifs is 1. The van der Waals surface area contributed by atoms with Crippen molar-refractivity contribution in [1.82, 2.24) is 5.32 Å². The largest absolute Gasteiger partial charge is 0.331 e. The number of amides is 1. The van der Waals surface area contributed by atoms with E-state index < -0.39 is 5.91 Å². The third-order valence-electron chi connectivity index (χ3n) is 3.23. The molecule has 9 heteroatoms. The molecule has 1 aromatic heterocycles. The molecule has 0 saturated carbocycles. The van der Waals surface area contributed by atoms with Gasteiger partial charge in [0.1, 0.15) is 4.88 Å². The topological polar surface area (TPSA) is 41.1 Å². The standard InChI is InChI=1S/C16H8Cl4N2OS2/c17-8-5-10(19)11(6-9(8)18)21-16(24)22-15(23)14-13(20)7-3-1-2-4-12(7)25-14/h1-6H,(H2,21,22,23,24). The Morgan fingerprint density at radius 1 is 1.00 bits per heavy atom. The van der Waals surface area contributed by atoms with Crippen LogP contribution < -0.4 is 10.6 Å². The number of carbonyl (C=O) groups excluding carboxylic acids is 1. The molecule has 0 unspecified atom stereocenters. The number of nitrogens with one attached hydrogen (secondary N) is 2. The fourth-order valence-corrected chi connectivity index (χ4v) is 4.30. The van der Waals surface area contributed by atoms with E-state index in [1.165, 1.54) is 23.5 Å². The van der Waals surface area contributed by atoms with Crippen LogP contribution in [0.25, 0.3) is 10.1 Å². The van der Waals surface area contributed by atoms with Gasteiger partial charge in [0.25, 0.3) is 5.91 Å². The highest BCUT2D eigenvalue weighted by Gasteiger charge is 2.18. The van der Waals surface area contributed by atoms with E-state index in [2.05, 4.69) is 10.6 Å². The summed E-state index contributed by atoms with van der Waals surface area (Å²) in [7, 11) is 0. The van der Waals surface area contributed by atoms with Crippen molar-refractivity contribution < 1.29 is 4.79 Å². The van der Waals surface area contributed by atoms with E-state index >= 15 is 0 Å². The Morgan fingerprint density at radius 2 is 1.68 bits per heavy atom. The number of anilines is 1. The van der Waals surface area contributed by atoms with Crippen LogP contribution in [0.3, 0.4) is 0 Å². The van der Waals surface area contributed by atoms with E-state index in [1.807, 2.05) is 24.3 Å². The second-order valence-electron chi connectivity index (χ2n) is 4.90. The molecule has 2 aromatic carbocycles. The van der Waals surface area contributed by atoms with Crippen molar-refractivity contribution in [3.05, 3.63) is 61.4 Å². The van der Waals surface area contributed by atoms with E-state index in [0.29, 0.717) is 30.7 Å². The number of hydrogen-bond donors (Lipinski definition) is 2. The lowest BCUT2D eigenvalue weighted by Gasteiger charge is -2.11. The molecule has 2 N–H and O–H groups in total. The molecule has 0 aliphatic rings. The van der Waals surface area contributed by atoms with Crippen molar-refractivity contribution in [3.8, 4) is 0 Å². The van der Waals surface area contributed by atoms with E-state index in [9.17, 15) is 4.79 Å². The molecule has 1 amide bonds. The van der Waals surface area contributed by atoms with Gasteiger partial charge in [-0.3, -0.25) is 10.1 Å². The Kier molecular flexibility index (Phi) is 5.73. The van der Waals surface area contributed by atoms with Crippen LogP contribution in [0.5, 0.6) is 0 Å². The summed E-state index contributed by atoms with van der Waals surface area (Å²) in [5.74, 6) is -0.403. The predicted octanol–water partition coefficient (Wildman–Crippen LogP) is 6.64. The second kappa shape index (κ2) is 7.66. The first kappa shape index (κ1) is 18.7. The van der Waals surface area contributed by atoms with Gasteiger partial charge >= 0.3 is 0 Å². The highest BCUT2D eigenvalue weighted by molar-refractivity contribution is 7.80. The summed E-state index contributed by atoms with van der Waals surface area (Å²) in [5.41, 5.74) is 0.434. The summed E-state index contributed by atoms with van der Waals surface area (Å²) in [6.07, 6.45) is 0. The molecule has 128 valence electrons. The van der Waals surface area contributed by atoms with Gasteiger partial charge in [0.05, 0.1) is 25.8 Å². The van der Waals surface area contributed by atoms with Gasteiger partial charge in [-0.25, -0.2) is 0 Å². The molecule has 0 fully saturated rings. The summed E-state index contributed by atoms with van der Waals surface area (Å²) < 4.78 is 0.920. The molecule has 3 aromatic rings. The summed E-state index contributed by atoms with van der Waals surface area (Å²) in [6, 6.07) is 10.5. The van der Waals surface area contributed by atoms with Crippen molar-refractivity contribution in [1.29, 1.82) is 0 Å². The predicted molar refractivity (Wildman–Crippen MR) is 112 cm³/mol. The minimum absolute atomic E-state index is 0.0683. The zero-order valence-corrected chi connectivity index (χ0v) is 16.9. The average Bonchev–Trinajstić information content (AvgIpc) is 2.90. The lowest BCUT2D eigenvalue weighted by Crippen LogP contribution is -2.33. The van der Waals surface area contributed by atoms with Gasteiger partial charge in [-0.2, -0.15) is 0 Å². The van der Waals surface area contributed by atoms with Crippen molar-refractivity contribution in [2.24, 2.45) is 0 Å². The van der Waals surface area contributed by atoms with Crippen LogP contribution in [0.15, 0.2) is 36.4 Å². The van der Waals surface area contributed by atoms with Crippen LogP contribution in [0, 0.1) is 0 Å². The van der Waals surface area contributed by atoms with Gasteiger partial charge in [-0.1, -0.05) is 64.6 Å². The maximum Gasteiger partial charge on any atom is 0.269 e. The Labute approximate surface area is 172 Å². The van der Waals surface area contributed by atoms with Crippen molar-refractivity contribution in [2.75, 3.05) is 5.32 Å². The third-order valence-corrected chi connectivity index (χ3v) is 6.14. The van der Waals surface area contributed by atoms with Gasteiger partial charge < -0.3 is 5.32 Å².